The fraction of sp³-hybridized carbons (Fsp3) is 0.182. The minimum absolute atomic E-state index is 0.136. The lowest BCUT2D eigenvalue weighted by Crippen LogP contribution is -2.31. The van der Waals surface area contributed by atoms with Crippen molar-refractivity contribution in [3.8, 4) is 0 Å². The van der Waals surface area contributed by atoms with Gasteiger partial charge >= 0.3 is 12.0 Å². The maximum Gasteiger partial charge on any atom is 0.356 e. The van der Waals surface area contributed by atoms with Gasteiger partial charge in [0.25, 0.3) is 0 Å². The predicted molar refractivity (Wildman–Crippen MR) is 68.3 cm³/mol. The zero-order chi connectivity index (χ0) is 14.4. The molecule has 2 aromatic heterocycles. The topological polar surface area (TPSA) is 133 Å². The van der Waals surface area contributed by atoms with Crippen LogP contribution in [0.4, 0.5) is 10.5 Å². The van der Waals surface area contributed by atoms with Crippen LogP contribution < -0.4 is 10.6 Å². The summed E-state index contributed by atoms with van der Waals surface area (Å²) in [5, 5.41) is 20.3. The largest absolute Gasteiger partial charge is 0.476 e. The number of carboxylic acids is 1. The molecule has 2 amide bonds. The minimum Gasteiger partial charge on any atom is -0.476 e. The number of aromatic carboxylic acids is 1. The molecule has 0 saturated carbocycles. The van der Waals surface area contributed by atoms with Crippen LogP contribution in [-0.4, -0.2) is 43.8 Å². The Bertz CT molecular complexity index is 598. The number of aromatic amines is 1. The second kappa shape index (κ2) is 6.27. The number of hydrogen-bond acceptors (Lipinski definition) is 5. The Morgan fingerprint density at radius 1 is 1.35 bits per heavy atom. The first-order chi connectivity index (χ1) is 9.66. The van der Waals surface area contributed by atoms with Gasteiger partial charge in [-0.3, -0.25) is 5.10 Å². The number of urea groups is 1. The highest BCUT2D eigenvalue weighted by Gasteiger charge is 2.12. The molecule has 2 aromatic rings. The molecule has 104 valence electrons. The number of H-pyrrole nitrogens is 1. The van der Waals surface area contributed by atoms with Gasteiger partial charge in [0.1, 0.15) is 12.2 Å². The summed E-state index contributed by atoms with van der Waals surface area (Å²) < 4.78 is 0. The Morgan fingerprint density at radius 3 is 2.90 bits per heavy atom. The lowest BCUT2D eigenvalue weighted by molar-refractivity contribution is 0.0692. The molecule has 0 radical (unpaired) electrons. The molecule has 0 aromatic carbocycles. The van der Waals surface area contributed by atoms with Crippen molar-refractivity contribution in [1.29, 1.82) is 0 Å². The first-order valence-electron chi connectivity index (χ1n) is 5.74. The van der Waals surface area contributed by atoms with E-state index < -0.39 is 12.0 Å². The smallest absolute Gasteiger partial charge is 0.356 e. The molecule has 0 fully saturated rings. The number of anilines is 1. The number of rotatable bonds is 5. The van der Waals surface area contributed by atoms with Crippen molar-refractivity contribution in [2.24, 2.45) is 0 Å². The van der Waals surface area contributed by atoms with E-state index in [-0.39, 0.29) is 11.4 Å². The van der Waals surface area contributed by atoms with Crippen molar-refractivity contribution in [3.05, 3.63) is 36.2 Å². The third kappa shape index (κ3) is 3.51. The molecule has 9 nitrogen and oxygen atoms in total. The normalized spacial score (nSPS) is 10.0. The first-order valence-corrected chi connectivity index (χ1v) is 5.74. The number of aromatic nitrogens is 4. The maximum atomic E-state index is 11.6. The molecule has 0 bridgehead atoms. The fourth-order valence-electron chi connectivity index (χ4n) is 1.49. The predicted octanol–water partition coefficient (Wildman–Crippen LogP) is 0.262. The second-order valence-corrected chi connectivity index (χ2v) is 3.77. The molecule has 2 heterocycles. The Hall–Kier alpha value is -2.97. The highest BCUT2D eigenvalue weighted by Crippen LogP contribution is 2.11. The highest BCUT2D eigenvalue weighted by molar-refractivity contribution is 5.98. The number of carbonyl (C=O) groups is 2. The Labute approximate surface area is 113 Å². The van der Waals surface area contributed by atoms with Crippen molar-refractivity contribution >= 4 is 17.7 Å². The fourth-order valence-corrected chi connectivity index (χ4v) is 1.49. The SMILES string of the molecule is O=C(NCCc1ncn[nH]1)Nc1cccnc1C(=O)O. The number of nitrogens with zero attached hydrogens (tertiary/aromatic N) is 3. The molecule has 9 heteroatoms. The van der Waals surface area contributed by atoms with E-state index in [2.05, 4.69) is 30.8 Å². The molecule has 20 heavy (non-hydrogen) atoms. The quantitative estimate of drug-likeness (QED) is 0.619. The number of hydrogen-bond donors (Lipinski definition) is 4. The molecular formula is C11H12N6O3. The molecular weight excluding hydrogens is 264 g/mol. The van der Waals surface area contributed by atoms with Crippen LogP contribution in [0.1, 0.15) is 16.3 Å². The lowest BCUT2D eigenvalue weighted by atomic mass is 10.3. The van der Waals surface area contributed by atoms with Gasteiger partial charge in [0.05, 0.1) is 5.69 Å². The van der Waals surface area contributed by atoms with E-state index >= 15 is 0 Å². The van der Waals surface area contributed by atoms with Gasteiger partial charge < -0.3 is 15.7 Å². The average Bonchev–Trinajstić information content (AvgIpc) is 2.92. The zero-order valence-electron chi connectivity index (χ0n) is 10.3. The average molecular weight is 276 g/mol. The summed E-state index contributed by atoms with van der Waals surface area (Å²) in [4.78, 5) is 30.1. The monoisotopic (exact) mass is 276 g/mol. The zero-order valence-corrected chi connectivity index (χ0v) is 10.3. The van der Waals surface area contributed by atoms with Crippen molar-refractivity contribution in [2.45, 2.75) is 6.42 Å². The van der Waals surface area contributed by atoms with Crippen LogP contribution >= 0.6 is 0 Å². The molecule has 0 unspecified atom stereocenters. The molecule has 0 aliphatic heterocycles. The van der Waals surface area contributed by atoms with Crippen LogP contribution in [0.25, 0.3) is 0 Å². The second-order valence-electron chi connectivity index (χ2n) is 3.77. The summed E-state index contributed by atoms with van der Waals surface area (Å²) in [5.74, 6) is -0.555. The van der Waals surface area contributed by atoms with E-state index in [1.54, 1.807) is 0 Å². The van der Waals surface area contributed by atoms with Crippen LogP contribution in [0.2, 0.25) is 0 Å². The van der Waals surface area contributed by atoms with E-state index in [1.165, 1.54) is 24.7 Å². The molecule has 0 aliphatic carbocycles. The van der Waals surface area contributed by atoms with Crippen LogP contribution in [0.5, 0.6) is 0 Å². The molecule has 0 aliphatic rings. The number of nitrogens with one attached hydrogen (secondary N) is 3. The molecule has 0 atom stereocenters. The van der Waals surface area contributed by atoms with Gasteiger partial charge in [0.15, 0.2) is 5.69 Å². The van der Waals surface area contributed by atoms with E-state index in [1.807, 2.05) is 0 Å². The van der Waals surface area contributed by atoms with E-state index in [9.17, 15) is 9.59 Å². The third-order valence-corrected chi connectivity index (χ3v) is 2.37. The van der Waals surface area contributed by atoms with Crippen molar-refractivity contribution in [2.75, 3.05) is 11.9 Å². The van der Waals surface area contributed by atoms with Crippen molar-refractivity contribution in [1.82, 2.24) is 25.5 Å². The first kappa shape index (κ1) is 13.5. The summed E-state index contributed by atoms with van der Waals surface area (Å²) in [5.41, 5.74) is -0.0740. The summed E-state index contributed by atoms with van der Waals surface area (Å²) in [6, 6.07) is 2.49. The van der Waals surface area contributed by atoms with Crippen LogP contribution in [0.3, 0.4) is 0 Å². The lowest BCUT2D eigenvalue weighted by Gasteiger charge is -2.08. The van der Waals surface area contributed by atoms with Gasteiger partial charge in [-0.1, -0.05) is 0 Å². The van der Waals surface area contributed by atoms with E-state index in [0.29, 0.717) is 18.8 Å². The number of carbonyl (C=O) groups excluding carboxylic acids is 1. The van der Waals surface area contributed by atoms with Gasteiger partial charge in [-0.15, -0.1) is 0 Å². The Balaban J connectivity index is 1.87. The highest BCUT2D eigenvalue weighted by atomic mass is 16.4. The number of amides is 2. The summed E-state index contributed by atoms with van der Waals surface area (Å²) in [6.07, 6.45) is 3.22. The van der Waals surface area contributed by atoms with Gasteiger partial charge in [0, 0.05) is 19.2 Å². The van der Waals surface area contributed by atoms with Crippen LogP contribution in [-0.2, 0) is 6.42 Å². The summed E-state index contributed by atoms with van der Waals surface area (Å²) >= 11 is 0. The van der Waals surface area contributed by atoms with Crippen molar-refractivity contribution in [3.63, 3.8) is 0 Å². The number of carboxylic acid groups (broad SMARTS) is 1. The molecule has 2 rings (SSSR count). The maximum absolute atomic E-state index is 11.6. The molecule has 4 N–H and O–H groups in total. The van der Waals surface area contributed by atoms with Crippen molar-refractivity contribution < 1.29 is 14.7 Å². The summed E-state index contributed by atoms with van der Waals surface area (Å²) in [6.45, 7) is 0.337. The van der Waals surface area contributed by atoms with Gasteiger partial charge in [-0.25, -0.2) is 19.6 Å². The molecule has 0 spiro atoms. The van der Waals surface area contributed by atoms with E-state index in [0.717, 1.165) is 0 Å². The Morgan fingerprint density at radius 2 is 2.20 bits per heavy atom. The third-order valence-electron chi connectivity index (χ3n) is 2.37. The van der Waals surface area contributed by atoms with Crippen LogP contribution in [0, 0.1) is 0 Å². The standard InChI is InChI=1S/C11H12N6O3/c18-10(19)9-7(2-1-4-12-9)16-11(20)13-5-3-8-14-6-15-17-8/h1-2,4,6H,3,5H2,(H,18,19)(H2,13,16,20)(H,14,15,17). The minimum atomic E-state index is -1.21. The van der Waals surface area contributed by atoms with Gasteiger partial charge in [0.2, 0.25) is 0 Å². The van der Waals surface area contributed by atoms with Gasteiger partial charge in [-0.2, -0.15) is 5.10 Å². The van der Waals surface area contributed by atoms with Gasteiger partial charge in [-0.05, 0) is 12.1 Å². The number of pyridine rings is 1. The van der Waals surface area contributed by atoms with Crippen LogP contribution in [0.15, 0.2) is 24.7 Å². The molecule has 0 saturated heterocycles. The van der Waals surface area contributed by atoms with E-state index in [4.69, 9.17) is 5.11 Å². The summed E-state index contributed by atoms with van der Waals surface area (Å²) in [7, 11) is 0. The Kier molecular flexibility index (Phi) is 4.22.